The Bertz CT molecular complexity index is 585. The van der Waals surface area contributed by atoms with Gasteiger partial charge in [0.15, 0.2) is 0 Å². The van der Waals surface area contributed by atoms with Crippen LogP contribution in [0.4, 0.5) is 4.79 Å². The Labute approximate surface area is 130 Å². The van der Waals surface area contributed by atoms with Gasteiger partial charge in [0.05, 0.1) is 6.04 Å². The highest BCUT2D eigenvalue weighted by molar-refractivity contribution is 5.74. The largest absolute Gasteiger partial charge is 0.396 e. The van der Waals surface area contributed by atoms with Gasteiger partial charge < -0.3 is 15.7 Å². The van der Waals surface area contributed by atoms with E-state index in [0.717, 1.165) is 16.7 Å². The van der Waals surface area contributed by atoms with Crippen molar-refractivity contribution in [2.24, 2.45) is 0 Å². The maximum atomic E-state index is 11.7. The molecule has 0 fully saturated rings. The van der Waals surface area contributed by atoms with E-state index in [0.29, 0.717) is 13.0 Å². The van der Waals surface area contributed by atoms with Crippen LogP contribution in [0, 0.1) is 0 Å². The van der Waals surface area contributed by atoms with Crippen molar-refractivity contribution < 1.29 is 9.90 Å². The molecule has 2 aromatic rings. The van der Waals surface area contributed by atoms with Crippen molar-refractivity contribution in [1.29, 1.82) is 0 Å². The number of urea groups is 1. The summed E-state index contributed by atoms with van der Waals surface area (Å²) in [6.45, 7) is 2.48. The molecule has 0 unspecified atom stereocenters. The number of nitrogens with zero attached hydrogens (tertiary/aromatic N) is 1. The smallest absolute Gasteiger partial charge is 0.315 e. The van der Waals surface area contributed by atoms with Crippen molar-refractivity contribution in [1.82, 2.24) is 15.6 Å². The average Bonchev–Trinajstić information content (AvgIpc) is 2.56. The number of benzene rings is 1. The molecular formula is C17H21N3O2. The monoisotopic (exact) mass is 299 g/mol. The van der Waals surface area contributed by atoms with E-state index in [1.807, 2.05) is 43.3 Å². The quantitative estimate of drug-likeness (QED) is 0.717. The second-order valence-electron chi connectivity index (χ2n) is 5.06. The van der Waals surface area contributed by atoms with E-state index in [-0.39, 0.29) is 18.7 Å². The van der Waals surface area contributed by atoms with Gasteiger partial charge in [-0.3, -0.25) is 4.98 Å². The fourth-order valence-corrected chi connectivity index (χ4v) is 2.12. The zero-order chi connectivity index (χ0) is 15.8. The Kier molecular flexibility index (Phi) is 5.91. The van der Waals surface area contributed by atoms with Gasteiger partial charge in [-0.15, -0.1) is 0 Å². The first-order valence-electron chi connectivity index (χ1n) is 7.36. The molecule has 2 amide bonds. The predicted octanol–water partition coefficient (Wildman–Crippen LogP) is 2.49. The van der Waals surface area contributed by atoms with E-state index in [2.05, 4.69) is 15.6 Å². The van der Waals surface area contributed by atoms with Crippen molar-refractivity contribution in [3.63, 3.8) is 0 Å². The highest BCUT2D eigenvalue weighted by Crippen LogP contribution is 2.21. The molecule has 0 saturated carbocycles. The average molecular weight is 299 g/mol. The highest BCUT2D eigenvalue weighted by atomic mass is 16.3. The van der Waals surface area contributed by atoms with E-state index in [1.54, 1.807) is 12.4 Å². The Morgan fingerprint density at radius 3 is 2.41 bits per heavy atom. The standard InChI is InChI=1S/C17H21N3O2/c1-13(20-17(22)19-9-2-12-21)14-3-5-15(6-4-14)16-7-10-18-11-8-16/h3-8,10-11,13,21H,2,9,12H2,1H3,(H2,19,20,22)/t13-/m1/s1. The number of hydrogen-bond acceptors (Lipinski definition) is 3. The second-order valence-corrected chi connectivity index (χ2v) is 5.06. The number of rotatable bonds is 6. The lowest BCUT2D eigenvalue weighted by Gasteiger charge is -2.15. The second kappa shape index (κ2) is 8.14. The SMILES string of the molecule is C[C@@H](NC(=O)NCCCO)c1ccc(-c2ccncc2)cc1. The summed E-state index contributed by atoms with van der Waals surface area (Å²) in [5, 5.41) is 14.3. The number of aliphatic hydroxyl groups excluding tert-OH is 1. The van der Waals surface area contributed by atoms with E-state index in [1.165, 1.54) is 0 Å². The van der Waals surface area contributed by atoms with Crippen LogP contribution in [0.2, 0.25) is 0 Å². The minimum absolute atomic E-state index is 0.0757. The Morgan fingerprint density at radius 1 is 1.14 bits per heavy atom. The molecule has 116 valence electrons. The molecule has 0 aliphatic heterocycles. The van der Waals surface area contributed by atoms with Crippen molar-refractivity contribution in [2.75, 3.05) is 13.2 Å². The number of nitrogens with one attached hydrogen (secondary N) is 2. The van der Waals surface area contributed by atoms with E-state index in [9.17, 15) is 4.79 Å². The number of aliphatic hydroxyl groups is 1. The summed E-state index contributed by atoms with van der Waals surface area (Å²) in [7, 11) is 0. The third-order valence-electron chi connectivity index (χ3n) is 3.39. The van der Waals surface area contributed by atoms with Crippen LogP contribution in [0.3, 0.4) is 0 Å². The lowest BCUT2D eigenvalue weighted by atomic mass is 10.0. The van der Waals surface area contributed by atoms with Gasteiger partial charge in [-0.2, -0.15) is 0 Å². The first-order chi connectivity index (χ1) is 10.7. The minimum atomic E-state index is -0.223. The maximum absolute atomic E-state index is 11.7. The van der Waals surface area contributed by atoms with Crippen LogP contribution >= 0.6 is 0 Å². The highest BCUT2D eigenvalue weighted by Gasteiger charge is 2.09. The fourth-order valence-electron chi connectivity index (χ4n) is 2.12. The zero-order valence-corrected chi connectivity index (χ0v) is 12.6. The van der Waals surface area contributed by atoms with Crippen LogP contribution in [0.5, 0.6) is 0 Å². The van der Waals surface area contributed by atoms with Crippen LogP contribution < -0.4 is 10.6 Å². The van der Waals surface area contributed by atoms with Gasteiger partial charge in [0, 0.05) is 25.5 Å². The van der Waals surface area contributed by atoms with Crippen molar-refractivity contribution >= 4 is 6.03 Å². The molecular weight excluding hydrogens is 278 g/mol. The summed E-state index contributed by atoms with van der Waals surface area (Å²) in [4.78, 5) is 15.7. The maximum Gasteiger partial charge on any atom is 0.315 e. The third-order valence-corrected chi connectivity index (χ3v) is 3.39. The first kappa shape index (κ1) is 16.0. The normalized spacial score (nSPS) is 11.7. The van der Waals surface area contributed by atoms with E-state index in [4.69, 9.17) is 5.11 Å². The molecule has 1 aromatic heterocycles. The summed E-state index contributed by atoms with van der Waals surface area (Å²) in [6, 6.07) is 11.7. The van der Waals surface area contributed by atoms with Gasteiger partial charge in [-0.1, -0.05) is 24.3 Å². The fraction of sp³-hybridized carbons (Fsp3) is 0.294. The van der Waals surface area contributed by atoms with Crippen LogP contribution in [0.25, 0.3) is 11.1 Å². The molecule has 1 aromatic carbocycles. The number of carbonyl (C=O) groups excluding carboxylic acids is 1. The molecule has 1 heterocycles. The molecule has 0 aliphatic rings. The van der Waals surface area contributed by atoms with Gasteiger partial charge in [0.1, 0.15) is 0 Å². The summed E-state index contributed by atoms with van der Waals surface area (Å²) in [6.07, 6.45) is 4.09. The molecule has 5 heteroatoms. The summed E-state index contributed by atoms with van der Waals surface area (Å²) in [5.74, 6) is 0. The molecule has 0 saturated heterocycles. The van der Waals surface area contributed by atoms with Crippen molar-refractivity contribution in [3.05, 3.63) is 54.4 Å². The van der Waals surface area contributed by atoms with Crippen LogP contribution in [-0.4, -0.2) is 29.3 Å². The molecule has 2 rings (SSSR count). The lowest BCUT2D eigenvalue weighted by Crippen LogP contribution is -2.37. The minimum Gasteiger partial charge on any atom is -0.396 e. The summed E-state index contributed by atoms with van der Waals surface area (Å²) in [5.41, 5.74) is 3.27. The Morgan fingerprint density at radius 2 is 1.77 bits per heavy atom. The number of hydrogen-bond donors (Lipinski definition) is 3. The van der Waals surface area contributed by atoms with Crippen molar-refractivity contribution in [3.8, 4) is 11.1 Å². The molecule has 0 bridgehead atoms. The zero-order valence-electron chi connectivity index (χ0n) is 12.6. The van der Waals surface area contributed by atoms with Gasteiger partial charge in [-0.05, 0) is 42.2 Å². The third kappa shape index (κ3) is 4.56. The van der Waals surface area contributed by atoms with Gasteiger partial charge in [0.25, 0.3) is 0 Å². The predicted molar refractivity (Wildman–Crippen MR) is 86.3 cm³/mol. The van der Waals surface area contributed by atoms with Crippen LogP contribution in [0.1, 0.15) is 24.9 Å². The molecule has 22 heavy (non-hydrogen) atoms. The molecule has 0 radical (unpaired) electrons. The van der Waals surface area contributed by atoms with Gasteiger partial charge in [0.2, 0.25) is 0 Å². The van der Waals surface area contributed by atoms with Gasteiger partial charge >= 0.3 is 6.03 Å². The summed E-state index contributed by atoms with van der Waals surface area (Å²) >= 11 is 0. The molecule has 0 spiro atoms. The van der Waals surface area contributed by atoms with Crippen LogP contribution in [0.15, 0.2) is 48.8 Å². The number of carbonyl (C=O) groups is 1. The summed E-state index contributed by atoms with van der Waals surface area (Å²) < 4.78 is 0. The van der Waals surface area contributed by atoms with Crippen molar-refractivity contribution in [2.45, 2.75) is 19.4 Å². The van der Waals surface area contributed by atoms with Gasteiger partial charge in [-0.25, -0.2) is 4.79 Å². The van der Waals surface area contributed by atoms with E-state index >= 15 is 0 Å². The molecule has 0 aliphatic carbocycles. The Hall–Kier alpha value is -2.40. The number of pyridine rings is 1. The molecule has 3 N–H and O–H groups in total. The van der Waals surface area contributed by atoms with Crippen LogP contribution in [-0.2, 0) is 0 Å². The molecule has 5 nitrogen and oxygen atoms in total. The first-order valence-corrected chi connectivity index (χ1v) is 7.36. The number of amides is 2. The molecule has 1 atom stereocenters. The lowest BCUT2D eigenvalue weighted by molar-refractivity contribution is 0.235. The van der Waals surface area contributed by atoms with E-state index < -0.39 is 0 Å². The number of aromatic nitrogens is 1. The topological polar surface area (TPSA) is 74.2 Å². The Balaban J connectivity index is 1.94.